The molecule has 1 nitrogen and oxygen atoms in total. The highest BCUT2D eigenvalue weighted by molar-refractivity contribution is 4.67. The first-order valence-electron chi connectivity index (χ1n) is 6.47. The summed E-state index contributed by atoms with van der Waals surface area (Å²) in [4.78, 5) is 0. The van der Waals surface area contributed by atoms with E-state index in [-0.39, 0.29) is 0 Å². The van der Waals surface area contributed by atoms with Gasteiger partial charge in [-0.25, -0.2) is 0 Å². The number of hydrogen-bond acceptors (Lipinski definition) is 1. The fourth-order valence-corrected chi connectivity index (χ4v) is 1.75. The molecule has 0 fully saturated rings. The third-order valence-electron chi connectivity index (χ3n) is 3.27. The zero-order chi connectivity index (χ0) is 10.8. The van der Waals surface area contributed by atoms with Crippen LogP contribution < -0.4 is 5.73 Å². The second-order valence-electron chi connectivity index (χ2n) is 4.61. The summed E-state index contributed by atoms with van der Waals surface area (Å²) >= 11 is 0. The van der Waals surface area contributed by atoms with Crippen LogP contribution in [0.5, 0.6) is 0 Å². The van der Waals surface area contributed by atoms with Crippen LogP contribution in [0.3, 0.4) is 0 Å². The normalized spacial score (nSPS) is 15.4. The molecule has 0 aromatic rings. The first-order chi connectivity index (χ1) is 6.72. The van der Waals surface area contributed by atoms with Crippen LogP contribution in [0.25, 0.3) is 0 Å². The molecule has 0 amide bonds. The van der Waals surface area contributed by atoms with Gasteiger partial charge in [-0.3, -0.25) is 0 Å². The number of unbranched alkanes of at least 4 members (excludes halogenated alkanes) is 5. The van der Waals surface area contributed by atoms with Gasteiger partial charge in [-0.2, -0.15) is 0 Å². The van der Waals surface area contributed by atoms with E-state index in [0.29, 0.717) is 12.0 Å². The van der Waals surface area contributed by atoms with Crippen LogP contribution in [0.1, 0.15) is 72.1 Å². The van der Waals surface area contributed by atoms with Crippen molar-refractivity contribution < 1.29 is 0 Å². The van der Waals surface area contributed by atoms with Crippen molar-refractivity contribution in [2.45, 2.75) is 78.2 Å². The summed E-state index contributed by atoms with van der Waals surface area (Å²) < 4.78 is 0. The van der Waals surface area contributed by atoms with E-state index in [0.717, 1.165) is 0 Å². The van der Waals surface area contributed by atoms with Crippen LogP contribution in [-0.4, -0.2) is 6.04 Å². The molecular weight excluding hydrogens is 170 g/mol. The van der Waals surface area contributed by atoms with Gasteiger partial charge in [0.1, 0.15) is 0 Å². The molecule has 2 N–H and O–H groups in total. The first-order valence-corrected chi connectivity index (χ1v) is 6.47. The molecule has 86 valence electrons. The summed E-state index contributed by atoms with van der Waals surface area (Å²) in [5.41, 5.74) is 6.07. The molecule has 0 aromatic carbocycles. The molecule has 0 rings (SSSR count). The lowest BCUT2D eigenvalue weighted by molar-refractivity contribution is 0.403. The van der Waals surface area contributed by atoms with Gasteiger partial charge < -0.3 is 5.73 Å². The molecule has 0 bridgehead atoms. The predicted molar refractivity (Wildman–Crippen MR) is 65.4 cm³/mol. The molecule has 0 saturated heterocycles. The number of nitrogens with two attached hydrogens (primary N) is 1. The molecule has 0 saturated carbocycles. The second-order valence-corrected chi connectivity index (χ2v) is 4.61. The Morgan fingerprint density at radius 3 is 2.07 bits per heavy atom. The molecule has 0 heterocycles. The maximum atomic E-state index is 6.07. The van der Waals surface area contributed by atoms with E-state index in [4.69, 9.17) is 5.73 Å². The zero-order valence-electron chi connectivity index (χ0n) is 10.4. The van der Waals surface area contributed by atoms with Gasteiger partial charge in [0.15, 0.2) is 0 Å². The van der Waals surface area contributed by atoms with E-state index >= 15 is 0 Å². The molecule has 2 unspecified atom stereocenters. The van der Waals surface area contributed by atoms with Gasteiger partial charge in [0, 0.05) is 6.04 Å². The highest BCUT2D eigenvalue weighted by Gasteiger charge is 2.09. The van der Waals surface area contributed by atoms with Gasteiger partial charge in [-0.05, 0) is 12.3 Å². The van der Waals surface area contributed by atoms with Gasteiger partial charge in [-0.1, -0.05) is 65.7 Å². The monoisotopic (exact) mass is 199 g/mol. The number of hydrogen-bond donors (Lipinski definition) is 1. The third-order valence-corrected chi connectivity index (χ3v) is 3.27. The molecule has 0 aliphatic rings. The van der Waals surface area contributed by atoms with E-state index < -0.39 is 0 Å². The van der Waals surface area contributed by atoms with Crippen molar-refractivity contribution in [2.75, 3.05) is 0 Å². The molecule has 0 spiro atoms. The Bertz CT molecular complexity index is 112. The maximum Gasteiger partial charge on any atom is 0.00644 e. The second kappa shape index (κ2) is 9.51. The van der Waals surface area contributed by atoms with Crippen LogP contribution >= 0.6 is 0 Å². The molecular formula is C13H29N. The number of rotatable bonds is 9. The average molecular weight is 199 g/mol. The Labute approximate surface area is 90.5 Å². The van der Waals surface area contributed by atoms with Gasteiger partial charge in [0.2, 0.25) is 0 Å². The van der Waals surface area contributed by atoms with Crippen molar-refractivity contribution in [1.29, 1.82) is 0 Å². The molecule has 14 heavy (non-hydrogen) atoms. The Morgan fingerprint density at radius 2 is 1.50 bits per heavy atom. The van der Waals surface area contributed by atoms with Gasteiger partial charge >= 0.3 is 0 Å². The zero-order valence-corrected chi connectivity index (χ0v) is 10.4. The van der Waals surface area contributed by atoms with E-state index in [1.54, 1.807) is 0 Å². The molecule has 0 aliphatic heterocycles. The Balaban J connectivity index is 3.18. The molecule has 1 heteroatoms. The third kappa shape index (κ3) is 7.37. The summed E-state index contributed by atoms with van der Waals surface area (Å²) in [5.74, 6) is 0.700. The summed E-state index contributed by atoms with van der Waals surface area (Å²) in [6.07, 6.45) is 10.7. The topological polar surface area (TPSA) is 26.0 Å². The lowest BCUT2D eigenvalue weighted by Crippen LogP contribution is -2.27. The summed E-state index contributed by atoms with van der Waals surface area (Å²) in [7, 11) is 0. The summed E-state index contributed by atoms with van der Waals surface area (Å²) in [5, 5.41) is 0. The van der Waals surface area contributed by atoms with E-state index in [1.807, 2.05) is 0 Å². The minimum atomic E-state index is 0.436. The van der Waals surface area contributed by atoms with Crippen molar-refractivity contribution in [2.24, 2.45) is 11.7 Å². The fraction of sp³-hybridized carbons (Fsp3) is 1.00. The fourth-order valence-electron chi connectivity index (χ4n) is 1.75. The van der Waals surface area contributed by atoms with E-state index in [1.165, 1.54) is 51.4 Å². The van der Waals surface area contributed by atoms with Crippen molar-refractivity contribution in [3.05, 3.63) is 0 Å². The summed E-state index contributed by atoms with van der Waals surface area (Å²) in [6, 6.07) is 0.436. The molecule has 0 aromatic heterocycles. The van der Waals surface area contributed by atoms with Gasteiger partial charge in [0.05, 0.1) is 0 Å². The van der Waals surface area contributed by atoms with Crippen molar-refractivity contribution in [1.82, 2.24) is 0 Å². The molecule has 0 aliphatic carbocycles. The minimum Gasteiger partial charge on any atom is -0.327 e. The lowest BCUT2D eigenvalue weighted by atomic mass is 9.95. The highest BCUT2D eigenvalue weighted by atomic mass is 14.6. The van der Waals surface area contributed by atoms with Crippen molar-refractivity contribution in [3.63, 3.8) is 0 Å². The Kier molecular flexibility index (Phi) is 9.49. The van der Waals surface area contributed by atoms with Crippen molar-refractivity contribution >= 4 is 0 Å². The maximum absolute atomic E-state index is 6.07. The molecule has 0 radical (unpaired) electrons. The Morgan fingerprint density at radius 1 is 0.929 bits per heavy atom. The predicted octanol–water partition coefficient (Wildman–Crippen LogP) is 4.11. The van der Waals surface area contributed by atoms with Crippen LogP contribution in [0.4, 0.5) is 0 Å². The van der Waals surface area contributed by atoms with Crippen LogP contribution in [0, 0.1) is 5.92 Å². The SMILES string of the molecule is CCCCCCCCC(N)C(C)CC. The van der Waals surface area contributed by atoms with Crippen LogP contribution in [-0.2, 0) is 0 Å². The summed E-state index contributed by atoms with van der Waals surface area (Å²) in [6.45, 7) is 6.76. The highest BCUT2D eigenvalue weighted by Crippen LogP contribution is 2.13. The first kappa shape index (κ1) is 14.0. The van der Waals surface area contributed by atoms with Crippen LogP contribution in [0.2, 0.25) is 0 Å². The quantitative estimate of drug-likeness (QED) is 0.556. The molecule has 2 atom stereocenters. The smallest absolute Gasteiger partial charge is 0.00644 e. The van der Waals surface area contributed by atoms with Gasteiger partial charge in [-0.15, -0.1) is 0 Å². The average Bonchev–Trinajstić information content (AvgIpc) is 2.21. The van der Waals surface area contributed by atoms with Crippen molar-refractivity contribution in [3.8, 4) is 0 Å². The lowest BCUT2D eigenvalue weighted by Gasteiger charge is -2.17. The van der Waals surface area contributed by atoms with E-state index in [9.17, 15) is 0 Å². The minimum absolute atomic E-state index is 0.436. The Hall–Kier alpha value is -0.0400. The van der Waals surface area contributed by atoms with Gasteiger partial charge in [0.25, 0.3) is 0 Å². The van der Waals surface area contributed by atoms with Crippen LogP contribution in [0.15, 0.2) is 0 Å². The van der Waals surface area contributed by atoms with E-state index in [2.05, 4.69) is 20.8 Å². The largest absolute Gasteiger partial charge is 0.327 e. The standard InChI is InChI=1S/C13H29N/c1-4-6-7-8-9-10-11-13(14)12(3)5-2/h12-13H,4-11,14H2,1-3H3.